The van der Waals surface area contributed by atoms with Gasteiger partial charge in [0.1, 0.15) is 0 Å². The first kappa shape index (κ1) is 21.6. The first-order valence-electron chi connectivity index (χ1n) is 10.5. The van der Waals surface area contributed by atoms with Crippen molar-refractivity contribution in [3.8, 4) is 17.0 Å². The molecule has 1 fully saturated rings. The number of thioether (sulfide) groups is 1. The standard InChI is InChI=1S/C25H28N2O3S/c1-14-9-18-19(25(4,5)8-7-24(18,2)3)12-16(14)17-10-15(13-26-22(17)30-6)11-20-21(28)27-23(29)31-20/h9-13H,7-8H2,1-6H3,(H,27,28,29)/b20-11-. The average molecular weight is 437 g/mol. The number of ether oxygens (including phenoxy) is 1. The highest BCUT2D eigenvalue weighted by atomic mass is 32.2. The highest BCUT2D eigenvalue weighted by Crippen LogP contribution is 2.48. The van der Waals surface area contributed by atoms with Crippen molar-refractivity contribution < 1.29 is 14.3 Å². The summed E-state index contributed by atoms with van der Waals surface area (Å²) in [6.07, 6.45) is 5.66. The molecule has 0 saturated carbocycles. The van der Waals surface area contributed by atoms with Crippen LogP contribution in [0.25, 0.3) is 17.2 Å². The fourth-order valence-corrected chi connectivity index (χ4v) is 5.17. The second-order valence-electron chi connectivity index (χ2n) is 9.66. The van der Waals surface area contributed by atoms with Crippen molar-refractivity contribution in [3.05, 3.63) is 51.6 Å². The van der Waals surface area contributed by atoms with Gasteiger partial charge in [0.25, 0.3) is 11.1 Å². The molecule has 0 spiro atoms. The van der Waals surface area contributed by atoms with Crippen LogP contribution in [-0.4, -0.2) is 23.2 Å². The smallest absolute Gasteiger partial charge is 0.290 e. The number of benzene rings is 1. The number of hydrogen-bond donors (Lipinski definition) is 1. The summed E-state index contributed by atoms with van der Waals surface area (Å²) in [6.45, 7) is 11.4. The van der Waals surface area contributed by atoms with E-state index in [1.54, 1.807) is 19.4 Å². The number of nitrogens with zero attached hydrogens (tertiary/aromatic N) is 1. The van der Waals surface area contributed by atoms with E-state index < -0.39 is 0 Å². The van der Waals surface area contributed by atoms with Gasteiger partial charge in [-0.2, -0.15) is 0 Å². The Kier molecular flexibility index (Phi) is 5.24. The molecule has 6 heteroatoms. The molecule has 4 rings (SSSR count). The van der Waals surface area contributed by atoms with Crippen LogP contribution in [0.3, 0.4) is 0 Å². The summed E-state index contributed by atoms with van der Waals surface area (Å²) >= 11 is 0.904. The third-order valence-corrected chi connectivity index (χ3v) is 7.30. The quantitative estimate of drug-likeness (QED) is 0.622. The van der Waals surface area contributed by atoms with Gasteiger partial charge in [-0.05, 0) is 88.4 Å². The number of carbonyl (C=O) groups excluding carboxylic acids is 2. The number of imide groups is 1. The van der Waals surface area contributed by atoms with Crippen molar-refractivity contribution in [2.24, 2.45) is 0 Å². The Morgan fingerprint density at radius 3 is 2.26 bits per heavy atom. The molecule has 0 bridgehead atoms. The van der Waals surface area contributed by atoms with Gasteiger partial charge in [-0.1, -0.05) is 33.8 Å². The minimum Gasteiger partial charge on any atom is -0.481 e. The van der Waals surface area contributed by atoms with E-state index in [4.69, 9.17) is 4.74 Å². The zero-order valence-electron chi connectivity index (χ0n) is 18.9. The molecule has 1 N–H and O–H groups in total. The van der Waals surface area contributed by atoms with Crippen LogP contribution in [0, 0.1) is 6.92 Å². The summed E-state index contributed by atoms with van der Waals surface area (Å²) in [4.78, 5) is 28.3. The van der Waals surface area contributed by atoms with Gasteiger partial charge in [0.05, 0.1) is 12.0 Å². The maximum atomic E-state index is 11.9. The number of amides is 2. The summed E-state index contributed by atoms with van der Waals surface area (Å²) in [5.74, 6) is 0.166. The van der Waals surface area contributed by atoms with Gasteiger partial charge >= 0.3 is 0 Å². The van der Waals surface area contributed by atoms with Crippen LogP contribution < -0.4 is 10.1 Å². The van der Waals surface area contributed by atoms with Gasteiger partial charge in [-0.3, -0.25) is 14.9 Å². The van der Waals surface area contributed by atoms with Gasteiger partial charge in [0.2, 0.25) is 5.88 Å². The number of fused-ring (bicyclic) bond motifs is 1. The van der Waals surface area contributed by atoms with Crippen LogP contribution in [0.1, 0.15) is 62.8 Å². The van der Waals surface area contributed by atoms with E-state index in [2.05, 4.69) is 57.1 Å². The SMILES string of the molecule is COc1ncc(/C=C2\SC(=O)NC2=O)cc1-c1cc2c(cc1C)C(C)(C)CCC2(C)C. The lowest BCUT2D eigenvalue weighted by Gasteiger charge is -2.42. The van der Waals surface area contributed by atoms with Crippen molar-refractivity contribution in [2.75, 3.05) is 7.11 Å². The maximum absolute atomic E-state index is 11.9. The van der Waals surface area contributed by atoms with Crippen molar-refractivity contribution in [3.63, 3.8) is 0 Å². The lowest BCUT2D eigenvalue weighted by Crippen LogP contribution is -2.34. The molecular formula is C25H28N2O3S. The van der Waals surface area contributed by atoms with Crippen LogP contribution in [0.4, 0.5) is 4.79 Å². The Hall–Kier alpha value is -2.60. The number of rotatable bonds is 3. The van der Waals surface area contributed by atoms with E-state index >= 15 is 0 Å². The zero-order chi connectivity index (χ0) is 22.6. The van der Waals surface area contributed by atoms with Gasteiger partial charge in [-0.25, -0.2) is 4.98 Å². The molecule has 1 aromatic heterocycles. The number of carbonyl (C=O) groups is 2. The predicted molar refractivity (Wildman–Crippen MR) is 125 cm³/mol. The third kappa shape index (κ3) is 3.89. The molecule has 0 unspecified atom stereocenters. The molecule has 0 atom stereocenters. The first-order valence-corrected chi connectivity index (χ1v) is 11.3. The monoisotopic (exact) mass is 436 g/mol. The second-order valence-corrected chi connectivity index (χ2v) is 10.7. The maximum Gasteiger partial charge on any atom is 0.290 e. The van der Waals surface area contributed by atoms with Crippen LogP contribution in [0.2, 0.25) is 0 Å². The Balaban J connectivity index is 1.87. The summed E-state index contributed by atoms with van der Waals surface area (Å²) in [5, 5.41) is 1.93. The highest BCUT2D eigenvalue weighted by molar-refractivity contribution is 8.18. The minimum absolute atomic E-state index is 0.0898. The fraction of sp³-hybridized carbons (Fsp3) is 0.400. The second kappa shape index (κ2) is 7.52. The van der Waals surface area contributed by atoms with Crippen molar-refractivity contribution >= 4 is 29.0 Å². The molecule has 2 amide bonds. The van der Waals surface area contributed by atoms with Gasteiger partial charge < -0.3 is 4.74 Å². The molecule has 162 valence electrons. The number of pyridine rings is 1. The summed E-state index contributed by atoms with van der Waals surface area (Å²) in [7, 11) is 1.61. The molecule has 2 heterocycles. The molecule has 2 aliphatic rings. The van der Waals surface area contributed by atoms with Crippen LogP contribution in [0.15, 0.2) is 29.3 Å². The summed E-state index contributed by atoms with van der Waals surface area (Å²) in [5.41, 5.74) is 6.88. The minimum atomic E-state index is -0.374. The Morgan fingerprint density at radius 2 is 1.68 bits per heavy atom. The highest BCUT2D eigenvalue weighted by Gasteiger charge is 2.37. The van der Waals surface area contributed by atoms with E-state index in [9.17, 15) is 9.59 Å². The Morgan fingerprint density at radius 1 is 1.03 bits per heavy atom. The van der Waals surface area contributed by atoms with E-state index in [-0.39, 0.29) is 22.0 Å². The van der Waals surface area contributed by atoms with E-state index in [1.807, 2.05) is 6.07 Å². The molecule has 1 aromatic carbocycles. The Labute approximate surface area is 187 Å². The largest absolute Gasteiger partial charge is 0.481 e. The number of methoxy groups -OCH3 is 1. The van der Waals surface area contributed by atoms with E-state index in [1.165, 1.54) is 11.1 Å². The van der Waals surface area contributed by atoms with Gasteiger partial charge in [0, 0.05) is 11.8 Å². The molecule has 1 aliphatic heterocycles. The zero-order valence-corrected chi connectivity index (χ0v) is 19.7. The molecule has 5 nitrogen and oxygen atoms in total. The normalized spacial score (nSPS) is 20.5. The lowest BCUT2D eigenvalue weighted by atomic mass is 9.62. The third-order valence-electron chi connectivity index (χ3n) is 6.49. The number of aryl methyl sites for hydroxylation is 1. The van der Waals surface area contributed by atoms with Crippen LogP contribution in [-0.2, 0) is 15.6 Å². The lowest BCUT2D eigenvalue weighted by molar-refractivity contribution is -0.115. The van der Waals surface area contributed by atoms with Crippen molar-refractivity contribution in [1.29, 1.82) is 0 Å². The van der Waals surface area contributed by atoms with E-state index in [0.717, 1.165) is 46.9 Å². The molecule has 0 radical (unpaired) electrons. The Bertz CT molecular complexity index is 1130. The van der Waals surface area contributed by atoms with E-state index in [0.29, 0.717) is 10.8 Å². The van der Waals surface area contributed by atoms with Crippen LogP contribution in [0.5, 0.6) is 5.88 Å². The van der Waals surface area contributed by atoms with Crippen LogP contribution >= 0.6 is 11.8 Å². The van der Waals surface area contributed by atoms with Crippen molar-refractivity contribution in [2.45, 2.75) is 58.3 Å². The fourth-order valence-electron chi connectivity index (χ4n) is 4.49. The molecule has 31 heavy (non-hydrogen) atoms. The predicted octanol–water partition coefficient (Wildman–Crippen LogP) is 5.74. The topological polar surface area (TPSA) is 68.3 Å². The first-order chi connectivity index (χ1) is 14.5. The molecular weight excluding hydrogens is 408 g/mol. The molecule has 2 aromatic rings. The van der Waals surface area contributed by atoms with Gasteiger partial charge in [-0.15, -0.1) is 0 Å². The average Bonchev–Trinajstić information content (AvgIpc) is 3.02. The number of nitrogens with one attached hydrogen (secondary N) is 1. The number of aromatic nitrogens is 1. The van der Waals surface area contributed by atoms with Gasteiger partial charge in [0.15, 0.2) is 0 Å². The molecule has 1 aliphatic carbocycles. The van der Waals surface area contributed by atoms with Crippen molar-refractivity contribution in [1.82, 2.24) is 10.3 Å². The molecule has 1 saturated heterocycles. The summed E-state index contributed by atoms with van der Waals surface area (Å²) < 4.78 is 5.58. The number of hydrogen-bond acceptors (Lipinski definition) is 5. The summed E-state index contributed by atoms with van der Waals surface area (Å²) in [6, 6.07) is 6.59.